The molecule has 0 bridgehead atoms. The number of aromatic nitrogens is 1. The molecular weight excluding hydrogens is 320 g/mol. The molecule has 2 aromatic rings. The van der Waals surface area contributed by atoms with Crippen molar-refractivity contribution in [2.24, 2.45) is 0 Å². The van der Waals surface area contributed by atoms with Crippen molar-refractivity contribution >= 4 is 22.4 Å². The molecule has 2 heterocycles. The predicted octanol–water partition coefficient (Wildman–Crippen LogP) is 2.29. The standard InChI is InChI=1S/C18H22N4OS/c23-17(20-15-6-7-15)16(14-4-2-1-3-5-14)21-9-11-22(12-10-21)18-19-8-13-24-18/h1-5,8,13,15-16H,6-7,9-12H2,(H,20,23). The highest BCUT2D eigenvalue weighted by Gasteiger charge is 2.33. The summed E-state index contributed by atoms with van der Waals surface area (Å²) in [7, 11) is 0. The van der Waals surface area contributed by atoms with Crippen LogP contribution in [0.25, 0.3) is 0 Å². The Morgan fingerprint density at radius 2 is 1.92 bits per heavy atom. The molecule has 2 fully saturated rings. The van der Waals surface area contributed by atoms with Crippen LogP contribution in [-0.4, -0.2) is 48.0 Å². The van der Waals surface area contributed by atoms with Crippen LogP contribution in [0.1, 0.15) is 24.4 Å². The first kappa shape index (κ1) is 15.6. The van der Waals surface area contributed by atoms with Crippen LogP contribution < -0.4 is 10.2 Å². The summed E-state index contributed by atoms with van der Waals surface area (Å²) in [5.74, 6) is 0.145. The number of carbonyl (C=O) groups is 1. The Morgan fingerprint density at radius 1 is 1.17 bits per heavy atom. The molecule has 1 saturated carbocycles. The maximum atomic E-state index is 12.8. The molecule has 0 spiro atoms. The van der Waals surface area contributed by atoms with Gasteiger partial charge in [0.1, 0.15) is 6.04 Å². The fourth-order valence-corrected chi connectivity index (χ4v) is 3.91. The smallest absolute Gasteiger partial charge is 0.242 e. The van der Waals surface area contributed by atoms with E-state index < -0.39 is 0 Å². The van der Waals surface area contributed by atoms with Gasteiger partial charge in [-0.1, -0.05) is 30.3 Å². The van der Waals surface area contributed by atoms with E-state index in [2.05, 4.69) is 32.2 Å². The van der Waals surface area contributed by atoms with Gasteiger partial charge in [0.05, 0.1) is 0 Å². The second kappa shape index (κ2) is 6.91. The van der Waals surface area contributed by atoms with E-state index >= 15 is 0 Å². The molecule has 0 radical (unpaired) electrons. The first-order chi connectivity index (χ1) is 11.8. The molecule has 1 aliphatic heterocycles. The Balaban J connectivity index is 1.48. The average Bonchev–Trinajstić information content (AvgIpc) is 3.25. The van der Waals surface area contributed by atoms with Crippen LogP contribution in [0, 0.1) is 0 Å². The van der Waals surface area contributed by atoms with Gasteiger partial charge >= 0.3 is 0 Å². The predicted molar refractivity (Wildman–Crippen MR) is 96.2 cm³/mol. The van der Waals surface area contributed by atoms with Crippen LogP contribution in [0.2, 0.25) is 0 Å². The van der Waals surface area contributed by atoms with Gasteiger partial charge in [0.2, 0.25) is 5.91 Å². The van der Waals surface area contributed by atoms with Crippen molar-refractivity contribution in [2.45, 2.75) is 24.9 Å². The number of piperazine rings is 1. The first-order valence-corrected chi connectivity index (χ1v) is 9.43. The summed E-state index contributed by atoms with van der Waals surface area (Å²) in [5, 5.41) is 6.27. The van der Waals surface area contributed by atoms with Gasteiger partial charge in [-0.3, -0.25) is 9.69 Å². The molecule has 1 unspecified atom stereocenters. The molecule has 1 amide bonds. The van der Waals surface area contributed by atoms with Crippen molar-refractivity contribution in [1.29, 1.82) is 0 Å². The third-order valence-corrected chi connectivity index (χ3v) is 5.49. The van der Waals surface area contributed by atoms with E-state index in [1.54, 1.807) is 11.3 Å². The van der Waals surface area contributed by atoms with Gasteiger partial charge in [-0.2, -0.15) is 0 Å². The zero-order valence-corrected chi connectivity index (χ0v) is 14.4. The number of nitrogens with zero attached hydrogens (tertiary/aromatic N) is 3. The van der Waals surface area contributed by atoms with Crippen molar-refractivity contribution in [2.75, 3.05) is 31.1 Å². The molecule has 2 aliphatic rings. The largest absolute Gasteiger partial charge is 0.352 e. The Morgan fingerprint density at radius 3 is 2.54 bits per heavy atom. The molecular formula is C18H22N4OS. The van der Waals surface area contributed by atoms with Crippen LogP contribution in [0.4, 0.5) is 5.13 Å². The van der Waals surface area contributed by atoms with Crippen LogP contribution in [0.5, 0.6) is 0 Å². The topological polar surface area (TPSA) is 48.5 Å². The molecule has 5 nitrogen and oxygen atoms in total. The fourth-order valence-electron chi connectivity index (χ4n) is 3.21. The number of rotatable bonds is 5. The monoisotopic (exact) mass is 342 g/mol. The zero-order chi connectivity index (χ0) is 16.4. The normalized spacial score (nSPS) is 19.9. The summed E-state index contributed by atoms with van der Waals surface area (Å²) in [6.45, 7) is 3.57. The lowest BCUT2D eigenvalue weighted by molar-refractivity contribution is -0.127. The van der Waals surface area contributed by atoms with E-state index in [4.69, 9.17) is 0 Å². The molecule has 1 N–H and O–H groups in total. The summed E-state index contributed by atoms with van der Waals surface area (Å²) in [6, 6.07) is 10.3. The molecule has 24 heavy (non-hydrogen) atoms. The van der Waals surface area contributed by atoms with Gasteiger partial charge < -0.3 is 10.2 Å². The highest BCUT2D eigenvalue weighted by molar-refractivity contribution is 7.13. The van der Waals surface area contributed by atoms with E-state index in [1.807, 2.05) is 29.8 Å². The van der Waals surface area contributed by atoms with Crippen LogP contribution in [0.3, 0.4) is 0 Å². The fraction of sp³-hybridized carbons (Fsp3) is 0.444. The van der Waals surface area contributed by atoms with Crippen molar-refractivity contribution in [3.05, 3.63) is 47.5 Å². The molecule has 6 heteroatoms. The Kier molecular flexibility index (Phi) is 4.49. The molecule has 4 rings (SSSR count). The van der Waals surface area contributed by atoms with E-state index in [1.165, 1.54) is 0 Å². The number of anilines is 1. The average molecular weight is 342 g/mol. The van der Waals surface area contributed by atoms with Gasteiger partial charge in [0.25, 0.3) is 0 Å². The molecule has 1 aromatic carbocycles. The lowest BCUT2D eigenvalue weighted by Gasteiger charge is -2.38. The Hall–Kier alpha value is -1.92. The van der Waals surface area contributed by atoms with E-state index in [-0.39, 0.29) is 11.9 Å². The summed E-state index contributed by atoms with van der Waals surface area (Å²) >= 11 is 1.68. The number of thiazole rings is 1. The molecule has 1 saturated heterocycles. The van der Waals surface area contributed by atoms with Crippen molar-refractivity contribution in [3.8, 4) is 0 Å². The molecule has 1 atom stereocenters. The quantitative estimate of drug-likeness (QED) is 0.906. The van der Waals surface area contributed by atoms with Crippen LogP contribution in [0.15, 0.2) is 41.9 Å². The van der Waals surface area contributed by atoms with Crippen LogP contribution >= 0.6 is 11.3 Å². The zero-order valence-electron chi connectivity index (χ0n) is 13.6. The minimum atomic E-state index is -0.190. The van der Waals surface area contributed by atoms with Crippen LogP contribution in [-0.2, 0) is 4.79 Å². The molecule has 126 valence electrons. The lowest BCUT2D eigenvalue weighted by Crippen LogP contribution is -2.51. The third kappa shape index (κ3) is 3.44. The van der Waals surface area contributed by atoms with Gasteiger partial charge in [-0.05, 0) is 18.4 Å². The maximum Gasteiger partial charge on any atom is 0.242 e. The van der Waals surface area contributed by atoms with Gasteiger partial charge in [0, 0.05) is 43.8 Å². The minimum Gasteiger partial charge on any atom is -0.352 e. The number of carbonyl (C=O) groups excluding carboxylic acids is 1. The van der Waals surface area contributed by atoms with Gasteiger partial charge in [-0.15, -0.1) is 11.3 Å². The number of nitrogens with one attached hydrogen (secondary N) is 1. The first-order valence-electron chi connectivity index (χ1n) is 8.55. The number of amides is 1. The highest BCUT2D eigenvalue weighted by atomic mass is 32.1. The summed E-state index contributed by atoms with van der Waals surface area (Å²) in [4.78, 5) is 21.8. The number of hydrogen-bond acceptors (Lipinski definition) is 5. The Bertz CT molecular complexity index is 664. The van der Waals surface area contributed by atoms with E-state index in [0.29, 0.717) is 6.04 Å². The molecule has 1 aliphatic carbocycles. The minimum absolute atomic E-state index is 0.145. The van der Waals surface area contributed by atoms with E-state index in [0.717, 1.165) is 49.7 Å². The van der Waals surface area contributed by atoms with Gasteiger partial charge in [-0.25, -0.2) is 4.98 Å². The summed E-state index contributed by atoms with van der Waals surface area (Å²) in [5.41, 5.74) is 1.08. The van der Waals surface area contributed by atoms with Gasteiger partial charge in [0.15, 0.2) is 5.13 Å². The second-order valence-corrected chi connectivity index (χ2v) is 7.31. The maximum absolute atomic E-state index is 12.8. The van der Waals surface area contributed by atoms with Crippen molar-refractivity contribution in [3.63, 3.8) is 0 Å². The summed E-state index contributed by atoms with van der Waals surface area (Å²) < 4.78 is 0. The molecule has 1 aromatic heterocycles. The summed E-state index contributed by atoms with van der Waals surface area (Å²) in [6.07, 6.45) is 4.08. The lowest BCUT2D eigenvalue weighted by atomic mass is 10.0. The SMILES string of the molecule is O=C(NC1CC1)C(c1ccccc1)N1CCN(c2nccs2)CC1. The van der Waals surface area contributed by atoms with E-state index in [9.17, 15) is 4.79 Å². The number of benzene rings is 1. The Labute approximate surface area is 146 Å². The highest BCUT2D eigenvalue weighted by Crippen LogP contribution is 2.27. The second-order valence-electron chi connectivity index (χ2n) is 6.43. The number of hydrogen-bond donors (Lipinski definition) is 1. The van der Waals surface area contributed by atoms with Crippen molar-refractivity contribution in [1.82, 2.24) is 15.2 Å². The van der Waals surface area contributed by atoms with Crippen molar-refractivity contribution < 1.29 is 4.79 Å². The third-order valence-electron chi connectivity index (χ3n) is 4.66.